The molecule has 0 unspecified atom stereocenters. The van der Waals surface area contributed by atoms with E-state index in [0.717, 1.165) is 17.7 Å². The summed E-state index contributed by atoms with van der Waals surface area (Å²) in [6.45, 7) is 1.07. The number of amides is 1. The number of benzene rings is 2. The second kappa shape index (κ2) is 8.70. The van der Waals surface area contributed by atoms with Crippen molar-refractivity contribution in [2.75, 3.05) is 30.5 Å². The third-order valence-electron chi connectivity index (χ3n) is 4.78. The van der Waals surface area contributed by atoms with Gasteiger partial charge in [0.2, 0.25) is 0 Å². The number of hydrogen-bond donors (Lipinski definition) is 1. The lowest BCUT2D eigenvalue weighted by molar-refractivity contribution is -0.120. The average molecular weight is 473 g/mol. The molecule has 2 aromatic carbocycles. The molecule has 10 heteroatoms. The fraction of sp³-hybridized carbons (Fsp3) is 0.300. The molecule has 30 heavy (non-hydrogen) atoms. The van der Waals surface area contributed by atoms with Crippen LogP contribution >= 0.6 is 15.9 Å². The van der Waals surface area contributed by atoms with Crippen molar-refractivity contribution in [3.63, 3.8) is 0 Å². The number of ether oxygens (including phenoxy) is 2. The number of nitrogens with zero attached hydrogens (tertiary/aromatic N) is 5. The zero-order chi connectivity index (χ0) is 21.1. The van der Waals surface area contributed by atoms with Gasteiger partial charge in [0.15, 0.2) is 18.1 Å². The predicted octanol–water partition coefficient (Wildman–Crippen LogP) is 2.56. The normalized spacial score (nSPS) is 12.6. The number of aryl methyl sites for hydroxylation is 1. The molecule has 3 aromatic rings. The van der Waals surface area contributed by atoms with Gasteiger partial charge in [-0.1, -0.05) is 23.3 Å². The number of aromatic nitrogens is 4. The summed E-state index contributed by atoms with van der Waals surface area (Å²) in [4.78, 5) is 15.9. The Morgan fingerprint density at radius 2 is 2.13 bits per heavy atom. The second-order valence-corrected chi connectivity index (χ2v) is 7.63. The van der Waals surface area contributed by atoms with Gasteiger partial charge in [0.25, 0.3) is 11.9 Å². The van der Waals surface area contributed by atoms with E-state index in [9.17, 15) is 4.79 Å². The van der Waals surface area contributed by atoms with Crippen molar-refractivity contribution in [3.8, 4) is 11.5 Å². The fourth-order valence-electron chi connectivity index (χ4n) is 3.36. The lowest BCUT2D eigenvalue weighted by Gasteiger charge is -2.19. The minimum Gasteiger partial charge on any atom is -0.493 e. The first kappa shape index (κ1) is 20.1. The van der Waals surface area contributed by atoms with E-state index in [4.69, 9.17) is 9.47 Å². The van der Waals surface area contributed by atoms with Crippen molar-refractivity contribution < 1.29 is 14.3 Å². The van der Waals surface area contributed by atoms with Crippen LogP contribution in [0.15, 0.2) is 40.9 Å². The van der Waals surface area contributed by atoms with Crippen LogP contribution in [0, 0.1) is 0 Å². The molecule has 0 saturated heterocycles. The molecule has 0 aliphatic carbocycles. The van der Waals surface area contributed by atoms with Gasteiger partial charge < -0.3 is 19.7 Å². The van der Waals surface area contributed by atoms with E-state index in [-0.39, 0.29) is 12.5 Å². The smallest absolute Gasteiger partial charge is 0.264 e. The van der Waals surface area contributed by atoms with Gasteiger partial charge in [-0.15, -0.1) is 5.10 Å². The Bertz CT molecular complexity index is 1070. The number of rotatable bonds is 7. The maximum absolute atomic E-state index is 12.7. The summed E-state index contributed by atoms with van der Waals surface area (Å²) in [5, 5.41) is 14.9. The highest BCUT2D eigenvalue weighted by molar-refractivity contribution is 9.10. The lowest BCUT2D eigenvalue weighted by Crippen LogP contribution is -2.33. The van der Waals surface area contributed by atoms with Gasteiger partial charge in [-0.3, -0.25) is 4.79 Å². The van der Waals surface area contributed by atoms with Crippen LogP contribution in [-0.2, 0) is 24.8 Å². The van der Waals surface area contributed by atoms with E-state index >= 15 is 0 Å². The third-order valence-corrected chi connectivity index (χ3v) is 5.37. The molecule has 0 fully saturated rings. The molecule has 156 valence electrons. The maximum atomic E-state index is 12.7. The van der Waals surface area contributed by atoms with Crippen LogP contribution in [0.25, 0.3) is 0 Å². The SMILES string of the molecule is COc1cc(CNc2nnn(C)n2)cc(Br)c1OCC(=O)N1CCc2ccccc21. The summed E-state index contributed by atoms with van der Waals surface area (Å²) in [5.74, 6) is 1.36. The van der Waals surface area contributed by atoms with Crippen molar-refractivity contribution in [1.82, 2.24) is 20.2 Å². The number of hydrogen-bond acceptors (Lipinski definition) is 7. The summed E-state index contributed by atoms with van der Waals surface area (Å²) in [6, 6.07) is 11.7. The number of para-hydroxylation sites is 1. The van der Waals surface area contributed by atoms with Gasteiger partial charge in [-0.2, -0.15) is 4.80 Å². The Labute approximate surface area is 182 Å². The van der Waals surface area contributed by atoms with Crippen molar-refractivity contribution in [2.24, 2.45) is 7.05 Å². The van der Waals surface area contributed by atoms with Crippen molar-refractivity contribution in [2.45, 2.75) is 13.0 Å². The molecule has 4 rings (SSSR count). The van der Waals surface area contributed by atoms with E-state index in [2.05, 4.69) is 36.7 Å². The van der Waals surface area contributed by atoms with Crippen LogP contribution in [0.2, 0.25) is 0 Å². The molecule has 0 bridgehead atoms. The molecule has 9 nitrogen and oxygen atoms in total. The molecule has 1 aliphatic rings. The van der Waals surface area contributed by atoms with E-state index in [0.29, 0.717) is 35.0 Å². The van der Waals surface area contributed by atoms with Gasteiger partial charge >= 0.3 is 0 Å². The summed E-state index contributed by atoms with van der Waals surface area (Å²) in [6.07, 6.45) is 0.858. The van der Waals surface area contributed by atoms with E-state index in [1.807, 2.05) is 36.4 Å². The first-order valence-electron chi connectivity index (χ1n) is 9.40. The summed E-state index contributed by atoms with van der Waals surface area (Å²) < 4.78 is 12.0. The van der Waals surface area contributed by atoms with Gasteiger partial charge in [0.05, 0.1) is 18.6 Å². The van der Waals surface area contributed by atoms with Gasteiger partial charge in [0, 0.05) is 18.8 Å². The molecule has 1 N–H and O–H groups in total. The molecular weight excluding hydrogens is 452 g/mol. The minimum atomic E-state index is -0.0895. The fourth-order valence-corrected chi connectivity index (χ4v) is 3.96. The number of tetrazole rings is 1. The Kier molecular flexibility index (Phi) is 5.84. The molecule has 1 aromatic heterocycles. The van der Waals surface area contributed by atoms with Crippen molar-refractivity contribution in [3.05, 3.63) is 52.0 Å². The Morgan fingerprint density at radius 3 is 2.90 bits per heavy atom. The summed E-state index contributed by atoms with van der Waals surface area (Å²) in [5.41, 5.74) is 3.06. The number of halogens is 1. The average Bonchev–Trinajstić information content (AvgIpc) is 3.37. The van der Waals surface area contributed by atoms with Crippen molar-refractivity contribution in [1.29, 1.82) is 0 Å². The quantitative estimate of drug-likeness (QED) is 0.564. The Hall–Kier alpha value is -3.14. The largest absolute Gasteiger partial charge is 0.493 e. The zero-order valence-corrected chi connectivity index (χ0v) is 18.2. The third kappa shape index (κ3) is 4.23. The molecule has 2 heterocycles. The standard InChI is InChI=1S/C20H21BrN6O3/c1-26-24-20(23-25-26)22-11-13-9-15(21)19(17(10-13)29-2)30-12-18(28)27-8-7-14-5-3-4-6-16(14)27/h3-6,9-10H,7-8,11-12H2,1-2H3,(H,22,24). The minimum absolute atomic E-state index is 0.0790. The van der Waals surface area contributed by atoms with Crippen LogP contribution in [0.4, 0.5) is 11.6 Å². The van der Waals surface area contributed by atoms with Crippen LogP contribution in [0.5, 0.6) is 11.5 Å². The van der Waals surface area contributed by atoms with E-state index in [1.165, 1.54) is 10.4 Å². The predicted molar refractivity (Wildman–Crippen MR) is 115 cm³/mol. The number of methoxy groups -OCH3 is 1. The highest BCUT2D eigenvalue weighted by Crippen LogP contribution is 2.37. The van der Waals surface area contributed by atoms with Gasteiger partial charge in [-0.25, -0.2) is 0 Å². The number of anilines is 2. The maximum Gasteiger partial charge on any atom is 0.264 e. The highest BCUT2D eigenvalue weighted by Gasteiger charge is 2.25. The Balaban J connectivity index is 1.43. The van der Waals surface area contributed by atoms with E-state index < -0.39 is 0 Å². The van der Waals surface area contributed by atoms with Crippen LogP contribution in [0.1, 0.15) is 11.1 Å². The number of carbonyl (C=O) groups is 1. The van der Waals surface area contributed by atoms with Crippen LogP contribution in [-0.4, -0.2) is 46.4 Å². The van der Waals surface area contributed by atoms with E-state index in [1.54, 1.807) is 19.1 Å². The number of nitrogens with one attached hydrogen (secondary N) is 1. The summed E-state index contributed by atoms with van der Waals surface area (Å²) >= 11 is 3.52. The van der Waals surface area contributed by atoms with Crippen molar-refractivity contribution >= 4 is 33.5 Å². The number of carbonyl (C=O) groups excluding carboxylic acids is 1. The van der Waals surface area contributed by atoms with Gasteiger partial charge in [0.1, 0.15) is 0 Å². The van der Waals surface area contributed by atoms with Gasteiger partial charge in [-0.05, 0) is 56.9 Å². The number of fused-ring (bicyclic) bond motifs is 1. The monoisotopic (exact) mass is 472 g/mol. The molecule has 0 atom stereocenters. The molecule has 0 radical (unpaired) electrons. The van der Waals surface area contributed by atoms with Crippen LogP contribution in [0.3, 0.4) is 0 Å². The highest BCUT2D eigenvalue weighted by atomic mass is 79.9. The molecule has 0 saturated carbocycles. The molecule has 1 aliphatic heterocycles. The zero-order valence-electron chi connectivity index (χ0n) is 16.6. The molecular formula is C20H21BrN6O3. The first-order chi connectivity index (χ1) is 14.5. The van der Waals surface area contributed by atoms with Crippen LogP contribution < -0.4 is 19.7 Å². The second-order valence-electron chi connectivity index (χ2n) is 6.78. The summed E-state index contributed by atoms with van der Waals surface area (Å²) in [7, 11) is 3.26. The molecule has 1 amide bonds. The Morgan fingerprint density at radius 1 is 1.30 bits per heavy atom. The topological polar surface area (TPSA) is 94.4 Å². The molecule has 0 spiro atoms. The first-order valence-corrected chi connectivity index (χ1v) is 10.2. The lowest BCUT2D eigenvalue weighted by atomic mass is 10.2.